The molecule has 2 unspecified atom stereocenters. The van der Waals surface area contributed by atoms with Crippen LogP contribution in [0.5, 0.6) is 0 Å². The molecule has 0 radical (unpaired) electrons. The summed E-state index contributed by atoms with van der Waals surface area (Å²) in [5, 5.41) is 28.4. The van der Waals surface area contributed by atoms with E-state index in [1.165, 1.54) is 19.3 Å². The maximum Gasteiger partial charge on any atom is 0.472 e. The summed E-state index contributed by atoms with van der Waals surface area (Å²) >= 11 is 0. The highest BCUT2D eigenvalue weighted by Gasteiger charge is 2.27. The van der Waals surface area contributed by atoms with Crippen molar-refractivity contribution in [2.24, 2.45) is 0 Å². The number of rotatable bonds is 37. The Morgan fingerprint density at radius 1 is 0.625 bits per heavy atom. The van der Waals surface area contributed by atoms with Crippen LogP contribution in [0.1, 0.15) is 136 Å². The number of esters is 2. The summed E-state index contributed by atoms with van der Waals surface area (Å²) in [6.07, 6.45) is 41.5. The largest absolute Gasteiger partial charge is 0.472 e. The highest BCUT2D eigenvalue weighted by Crippen LogP contribution is 2.43. The molecule has 320 valence electrons. The average Bonchev–Trinajstić information content (AvgIpc) is 3.18. The molecule has 0 saturated carbocycles. The molecule has 0 aliphatic heterocycles. The molecule has 12 heteroatoms. The molecule has 0 aromatic heterocycles. The first-order chi connectivity index (χ1) is 27.1. The molecule has 0 fully saturated rings. The van der Waals surface area contributed by atoms with Crippen LogP contribution in [0.4, 0.5) is 0 Å². The van der Waals surface area contributed by atoms with Gasteiger partial charge in [0.05, 0.1) is 25.9 Å². The molecule has 0 amide bonds. The zero-order valence-electron chi connectivity index (χ0n) is 34.2. The van der Waals surface area contributed by atoms with Gasteiger partial charge >= 0.3 is 19.8 Å². The molecule has 11 nitrogen and oxygen atoms in total. The molecule has 0 aliphatic rings. The number of carbonyl (C=O) groups is 2. The molecule has 0 heterocycles. The van der Waals surface area contributed by atoms with Gasteiger partial charge in [-0.1, -0.05) is 131 Å². The van der Waals surface area contributed by atoms with Crippen LogP contribution < -0.4 is 0 Å². The van der Waals surface area contributed by atoms with Crippen LogP contribution in [0.25, 0.3) is 0 Å². The SMILES string of the molecule is CC/C=C\C/C=C\C/C=C\CCCCCCCC(=O)OC[C@H](COP(=O)(O)OC[C@@H](O)CO)OC(=O)CCC/C=C/C=C\C(O)C/C=C\C/C=C\CCCCC. The lowest BCUT2D eigenvalue weighted by Gasteiger charge is -2.20. The number of hydrogen-bond acceptors (Lipinski definition) is 10. The van der Waals surface area contributed by atoms with Gasteiger partial charge in [0.1, 0.15) is 12.7 Å². The van der Waals surface area contributed by atoms with Gasteiger partial charge in [0.25, 0.3) is 0 Å². The van der Waals surface area contributed by atoms with E-state index in [9.17, 15) is 29.3 Å². The Labute approximate surface area is 337 Å². The lowest BCUT2D eigenvalue weighted by molar-refractivity contribution is -0.161. The Bertz CT molecular complexity index is 1220. The number of carbonyl (C=O) groups excluding carboxylic acids is 2. The van der Waals surface area contributed by atoms with Crippen LogP contribution >= 0.6 is 7.82 Å². The Balaban J connectivity index is 4.56. The third kappa shape index (κ3) is 38.0. The van der Waals surface area contributed by atoms with Crippen LogP contribution in [0.2, 0.25) is 0 Å². The molecule has 4 atom stereocenters. The van der Waals surface area contributed by atoms with Crippen molar-refractivity contribution in [3.63, 3.8) is 0 Å². The summed E-state index contributed by atoms with van der Waals surface area (Å²) in [7, 11) is -4.66. The number of hydrogen-bond donors (Lipinski definition) is 4. The molecule has 0 spiro atoms. The summed E-state index contributed by atoms with van der Waals surface area (Å²) in [4.78, 5) is 34.9. The second kappa shape index (κ2) is 39.0. The third-order valence-corrected chi connectivity index (χ3v) is 9.06. The highest BCUT2D eigenvalue weighted by atomic mass is 31.2. The predicted octanol–water partition coefficient (Wildman–Crippen LogP) is 9.63. The molecular weight excluding hydrogens is 735 g/mol. The van der Waals surface area contributed by atoms with Gasteiger partial charge < -0.3 is 29.7 Å². The van der Waals surface area contributed by atoms with Gasteiger partial charge in [0, 0.05) is 12.8 Å². The minimum atomic E-state index is -4.66. The van der Waals surface area contributed by atoms with Crippen LogP contribution in [0.3, 0.4) is 0 Å². The van der Waals surface area contributed by atoms with Gasteiger partial charge in [-0.3, -0.25) is 18.6 Å². The van der Waals surface area contributed by atoms with Gasteiger partial charge in [-0.2, -0.15) is 0 Å². The van der Waals surface area contributed by atoms with Crippen molar-refractivity contribution >= 4 is 19.8 Å². The van der Waals surface area contributed by atoms with Crippen molar-refractivity contribution in [3.05, 3.63) is 85.1 Å². The summed E-state index contributed by atoms with van der Waals surface area (Å²) < 4.78 is 32.5. The Morgan fingerprint density at radius 2 is 1.20 bits per heavy atom. The van der Waals surface area contributed by atoms with Crippen molar-refractivity contribution < 1.29 is 52.9 Å². The second-order valence-corrected chi connectivity index (χ2v) is 14.9. The van der Waals surface area contributed by atoms with E-state index >= 15 is 0 Å². The van der Waals surface area contributed by atoms with Crippen molar-refractivity contribution in [2.45, 2.75) is 154 Å². The topological polar surface area (TPSA) is 169 Å². The average molecular weight is 809 g/mol. The Kier molecular flexibility index (Phi) is 36.9. The molecule has 0 aromatic rings. The number of phosphoric acid groups is 1. The summed E-state index contributed by atoms with van der Waals surface area (Å²) in [5.74, 6) is -1.08. The van der Waals surface area contributed by atoms with Gasteiger partial charge in [0.15, 0.2) is 6.10 Å². The first-order valence-corrected chi connectivity index (χ1v) is 22.1. The number of unbranched alkanes of at least 4 members (excludes halogenated alkanes) is 9. The maximum atomic E-state index is 12.6. The Morgan fingerprint density at radius 3 is 1.88 bits per heavy atom. The number of phosphoric ester groups is 1. The van der Waals surface area contributed by atoms with Crippen molar-refractivity contribution in [3.8, 4) is 0 Å². The number of allylic oxidation sites excluding steroid dienone is 12. The second-order valence-electron chi connectivity index (χ2n) is 13.5. The fourth-order valence-corrected chi connectivity index (χ4v) is 5.69. The Hall–Kier alpha value is -2.89. The predicted molar refractivity (Wildman–Crippen MR) is 225 cm³/mol. The minimum absolute atomic E-state index is 0.0404. The fourth-order valence-electron chi connectivity index (χ4n) is 4.90. The zero-order valence-corrected chi connectivity index (χ0v) is 35.1. The molecule has 56 heavy (non-hydrogen) atoms. The summed E-state index contributed by atoms with van der Waals surface area (Å²) in [5.41, 5.74) is 0. The molecular formula is C44H73O11P. The van der Waals surface area contributed by atoms with E-state index in [1.807, 2.05) is 18.2 Å². The van der Waals surface area contributed by atoms with Gasteiger partial charge in [0.2, 0.25) is 0 Å². The summed E-state index contributed by atoms with van der Waals surface area (Å²) in [6, 6.07) is 0. The molecule has 0 bridgehead atoms. The number of ether oxygens (including phenoxy) is 2. The van der Waals surface area contributed by atoms with Gasteiger partial charge in [-0.15, -0.1) is 0 Å². The standard InChI is InChI=1S/C44H73O11P/c1-3-5-7-9-11-13-14-15-16-17-18-20-22-26-30-34-43(48)52-38-42(39-54-56(50,51)53-37-41(47)36-45)55-44(49)35-31-27-23-25-29-33-40(46)32-28-24-21-19-12-10-8-6-4-2/h5,7,11-13,15-16,19,23-25,28-29,33,40-42,45-47H,3-4,6,8-10,14,17-18,20-22,26-27,30-32,34-39H2,1-2H3,(H,50,51)/b7-5-,13-11-,16-15-,19-12-,25-23+,28-24-,33-29-/t40?,41-,42+/m0/s1. The monoisotopic (exact) mass is 808 g/mol. The van der Waals surface area contributed by atoms with Crippen LogP contribution in [-0.4, -0.2) is 76.9 Å². The molecule has 0 rings (SSSR count). The number of aliphatic hydroxyl groups excluding tert-OH is 3. The quantitative estimate of drug-likeness (QED) is 0.0155. The summed E-state index contributed by atoms with van der Waals surface area (Å²) in [6.45, 7) is 2.02. The van der Waals surface area contributed by atoms with E-state index in [0.717, 1.165) is 64.2 Å². The van der Waals surface area contributed by atoms with E-state index in [0.29, 0.717) is 25.7 Å². The van der Waals surface area contributed by atoms with Gasteiger partial charge in [-0.25, -0.2) is 4.57 Å². The highest BCUT2D eigenvalue weighted by molar-refractivity contribution is 7.47. The zero-order chi connectivity index (χ0) is 41.4. The van der Waals surface area contributed by atoms with E-state index in [1.54, 1.807) is 18.2 Å². The first-order valence-electron chi connectivity index (χ1n) is 20.7. The van der Waals surface area contributed by atoms with Crippen molar-refractivity contribution in [1.29, 1.82) is 0 Å². The lowest BCUT2D eigenvalue weighted by atomic mass is 10.1. The third-order valence-electron chi connectivity index (χ3n) is 8.11. The molecule has 0 aliphatic carbocycles. The van der Waals surface area contributed by atoms with Crippen molar-refractivity contribution in [2.75, 3.05) is 26.4 Å². The number of aliphatic hydroxyl groups is 3. The first kappa shape index (κ1) is 53.1. The van der Waals surface area contributed by atoms with Crippen LogP contribution in [0.15, 0.2) is 85.1 Å². The maximum absolute atomic E-state index is 12.6. The fraction of sp³-hybridized carbons (Fsp3) is 0.636. The van der Waals surface area contributed by atoms with Gasteiger partial charge in [-0.05, 0) is 77.0 Å². The molecule has 0 saturated heterocycles. The lowest BCUT2D eigenvalue weighted by Crippen LogP contribution is -2.29. The molecule has 4 N–H and O–H groups in total. The normalized spacial score (nSPS) is 15.3. The van der Waals surface area contributed by atoms with E-state index in [-0.39, 0.29) is 19.4 Å². The smallest absolute Gasteiger partial charge is 0.462 e. The van der Waals surface area contributed by atoms with E-state index < -0.39 is 57.9 Å². The minimum Gasteiger partial charge on any atom is -0.462 e. The molecule has 0 aromatic carbocycles. The van der Waals surface area contributed by atoms with Crippen LogP contribution in [-0.2, 0) is 32.7 Å². The van der Waals surface area contributed by atoms with E-state index in [4.69, 9.17) is 19.1 Å². The van der Waals surface area contributed by atoms with Crippen LogP contribution in [0, 0.1) is 0 Å². The van der Waals surface area contributed by atoms with Crippen molar-refractivity contribution in [1.82, 2.24) is 0 Å². The van der Waals surface area contributed by atoms with E-state index in [2.05, 4.69) is 67.0 Å².